The number of thiazole rings is 1. The molecule has 0 aliphatic heterocycles. The Balaban J connectivity index is 2.20. The number of rotatable bonds is 5. The predicted octanol–water partition coefficient (Wildman–Crippen LogP) is 3.29. The van der Waals surface area contributed by atoms with Gasteiger partial charge in [0.05, 0.1) is 10.6 Å². The van der Waals surface area contributed by atoms with Gasteiger partial charge in [-0.2, -0.15) is 0 Å². The minimum atomic E-state index is -0.225. The Morgan fingerprint density at radius 2 is 2.16 bits per heavy atom. The van der Waals surface area contributed by atoms with Crippen molar-refractivity contribution in [3.63, 3.8) is 0 Å². The molecule has 0 spiro atoms. The quantitative estimate of drug-likeness (QED) is 0.787. The topological polar surface area (TPSA) is 33.2 Å². The Morgan fingerprint density at radius 3 is 2.74 bits per heavy atom. The number of aromatic nitrogens is 1. The molecule has 2 aromatic rings. The molecule has 0 atom stereocenters. The molecule has 19 heavy (non-hydrogen) atoms. The molecular formula is C14H15FN2OS. The zero-order valence-corrected chi connectivity index (χ0v) is 11.7. The van der Waals surface area contributed by atoms with Gasteiger partial charge < -0.3 is 4.90 Å². The third-order valence-electron chi connectivity index (χ3n) is 2.85. The third-order valence-corrected chi connectivity index (χ3v) is 3.99. The van der Waals surface area contributed by atoms with Gasteiger partial charge in [-0.3, -0.25) is 4.79 Å². The van der Waals surface area contributed by atoms with Crippen LogP contribution in [0.25, 0.3) is 0 Å². The van der Waals surface area contributed by atoms with E-state index in [1.165, 1.54) is 17.4 Å². The van der Waals surface area contributed by atoms with Crippen LogP contribution in [-0.4, -0.2) is 18.3 Å². The number of carbonyl (C=O) groups is 1. The number of nitrogens with zero attached hydrogens (tertiary/aromatic N) is 2. The lowest BCUT2D eigenvalue weighted by Gasteiger charge is -2.16. The fourth-order valence-corrected chi connectivity index (χ4v) is 2.74. The summed E-state index contributed by atoms with van der Waals surface area (Å²) in [5, 5.41) is 0.738. The lowest BCUT2D eigenvalue weighted by Crippen LogP contribution is -2.17. The van der Waals surface area contributed by atoms with Crippen molar-refractivity contribution in [2.45, 2.75) is 19.9 Å². The molecule has 1 aromatic heterocycles. The van der Waals surface area contributed by atoms with Crippen LogP contribution < -0.4 is 4.90 Å². The molecule has 100 valence electrons. The summed E-state index contributed by atoms with van der Waals surface area (Å²) in [5.74, 6) is -0.225. The minimum Gasteiger partial charge on any atom is -0.347 e. The summed E-state index contributed by atoms with van der Waals surface area (Å²) < 4.78 is 13.6. The van der Waals surface area contributed by atoms with E-state index >= 15 is 0 Å². The summed E-state index contributed by atoms with van der Waals surface area (Å²) in [7, 11) is 1.85. The van der Waals surface area contributed by atoms with Crippen molar-refractivity contribution in [3.05, 3.63) is 46.2 Å². The van der Waals surface area contributed by atoms with Crippen LogP contribution in [0.2, 0.25) is 0 Å². The first-order valence-corrected chi connectivity index (χ1v) is 6.86. The van der Waals surface area contributed by atoms with Gasteiger partial charge in [-0.15, -0.1) is 0 Å². The van der Waals surface area contributed by atoms with Gasteiger partial charge in [0.1, 0.15) is 5.82 Å². The molecular weight excluding hydrogens is 263 g/mol. The van der Waals surface area contributed by atoms with Crippen molar-refractivity contribution in [2.24, 2.45) is 0 Å². The molecule has 2 rings (SSSR count). The Kier molecular flexibility index (Phi) is 4.27. The van der Waals surface area contributed by atoms with Gasteiger partial charge >= 0.3 is 0 Å². The molecule has 0 unspecified atom stereocenters. The van der Waals surface area contributed by atoms with E-state index in [2.05, 4.69) is 4.98 Å². The number of anilines is 1. The molecule has 1 heterocycles. The smallest absolute Gasteiger partial charge is 0.186 e. The largest absolute Gasteiger partial charge is 0.347 e. The van der Waals surface area contributed by atoms with E-state index in [-0.39, 0.29) is 5.82 Å². The number of carbonyl (C=O) groups excluding carboxylic acids is 1. The summed E-state index contributed by atoms with van der Waals surface area (Å²) in [6, 6.07) is 6.67. The van der Waals surface area contributed by atoms with Gasteiger partial charge in [0.15, 0.2) is 11.4 Å². The van der Waals surface area contributed by atoms with E-state index < -0.39 is 0 Å². The van der Waals surface area contributed by atoms with E-state index in [4.69, 9.17) is 0 Å². The van der Waals surface area contributed by atoms with Crippen LogP contribution >= 0.6 is 11.3 Å². The summed E-state index contributed by atoms with van der Waals surface area (Å²) in [6.45, 7) is 2.39. The average molecular weight is 278 g/mol. The number of aldehydes is 1. The van der Waals surface area contributed by atoms with Crippen molar-refractivity contribution in [2.75, 3.05) is 11.9 Å². The molecule has 0 bridgehead atoms. The highest BCUT2D eigenvalue weighted by atomic mass is 32.1. The molecule has 0 aliphatic rings. The van der Waals surface area contributed by atoms with E-state index in [0.29, 0.717) is 17.0 Å². The number of hydrogen-bond donors (Lipinski definition) is 0. The molecule has 1 aromatic carbocycles. The standard InChI is InChI=1S/C14H15FN2OS/c1-3-12-13(9-18)19-14(16-12)17(2)8-10-6-4-5-7-11(10)15/h4-7,9H,3,8H2,1-2H3. The lowest BCUT2D eigenvalue weighted by molar-refractivity contribution is 0.112. The third kappa shape index (κ3) is 2.98. The zero-order chi connectivity index (χ0) is 13.8. The molecule has 0 N–H and O–H groups in total. The fourth-order valence-electron chi connectivity index (χ4n) is 1.81. The molecule has 0 fully saturated rings. The highest BCUT2D eigenvalue weighted by molar-refractivity contribution is 7.17. The van der Waals surface area contributed by atoms with Crippen molar-refractivity contribution in [3.8, 4) is 0 Å². The van der Waals surface area contributed by atoms with Gasteiger partial charge in [-0.05, 0) is 12.5 Å². The van der Waals surface area contributed by atoms with Crippen LogP contribution in [0, 0.1) is 5.82 Å². The van der Waals surface area contributed by atoms with Crippen LogP contribution in [0.15, 0.2) is 24.3 Å². The maximum absolute atomic E-state index is 13.6. The second-order valence-electron chi connectivity index (χ2n) is 4.23. The number of benzene rings is 1. The SMILES string of the molecule is CCc1nc(N(C)Cc2ccccc2F)sc1C=O. The predicted molar refractivity (Wildman–Crippen MR) is 75.4 cm³/mol. The Morgan fingerprint density at radius 1 is 1.42 bits per heavy atom. The van der Waals surface area contributed by atoms with Crippen LogP contribution in [0.5, 0.6) is 0 Å². The molecule has 0 saturated heterocycles. The highest BCUT2D eigenvalue weighted by Gasteiger charge is 2.13. The maximum atomic E-state index is 13.6. The summed E-state index contributed by atoms with van der Waals surface area (Å²) in [6.07, 6.45) is 1.55. The van der Waals surface area contributed by atoms with E-state index in [1.807, 2.05) is 24.9 Å². The second-order valence-corrected chi connectivity index (χ2v) is 5.24. The van der Waals surface area contributed by atoms with E-state index in [0.717, 1.165) is 23.5 Å². The summed E-state index contributed by atoms with van der Waals surface area (Å²) >= 11 is 1.34. The fraction of sp³-hybridized carbons (Fsp3) is 0.286. The second kappa shape index (κ2) is 5.93. The van der Waals surface area contributed by atoms with Gasteiger partial charge in [0.2, 0.25) is 0 Å². The molecule has 3 nitrogen and oxygen atoms in total. The van der Waals surface area contributed by atoms with E-state index in [9.17, 15) is 9.18 Å². The molecule has 0 amide bonds. The highest BCUT2D eigenvalue weighted by Crippen LogP contribution is 2.26. The first-order valence-electron chi connectivity index (χ1n) is 6.05. The first-order chi connectivity index (χ1) is 9.15. The molecule has 0 radical (unpaired) electrons. The zero-order valence-electron chi connectivity index (χ0n) is 10.9. The van der Waals surface area contributed by atoms with Crippen LogP contribution in [0.1, 0.15) is 27.9 Å². The van der Waals surface area contributed by atoms with Gasteiger partial charge in [-0.1, -0.05) is 36.5 Å². The lowest BCUT2D eigenvalue weighted by atomic mass is 10.2. The Labute approximate surface area is 115 Å². The van der Waals surface area contributed by atoms with Crippen molar-refractivity contribution in [1.82, 2.24) is 4.98 Å². The molecule has 0 aliphatic carbocycles. The average Bonchev–Trinajstić information content (AvgIpc) is 2.84. The number of halogens is 1. The Hall–Kier alpha value is -1.75. The van der Waals surface area contributed by atoms with Gasteiger partial charge in [0, 0.05) is 19.2 Å². The molecule has 0 saturated carbocycles. The van der Waals surface area contributed by atoms with Crippen molar-refractivity contribution < 1.29 is 9.18 Å². The van der Waals surface area contributed by atoms with Crippen molar-refractivity contribution in [1.29, 1.82) is 0 Å². The van der Waals surface area contributed by atoms with Crippen LogP contribution in [0.3, 0.4) is 0 Å². The first kappa shape index (κ1) is 13.7. The van der Waals surface area contributed by atoms with Crippen LogP contribution in [0.4, 0.5) is 9.52 Å². The Bertz CT molecular complexity index is 583. The monoisotopic (exact) mass is 278 g/mol. The molecule has 5 heteroatoms. The van der Waals surface area contributed by atoms with E-state index in [1.54, 1.807) is 12.1 Å². The number of aryl methyl sites for hydroxylation is 1. The summed E-state index contributed by atoms with van der Waals surface area (Å²) in [5.41, 5.74) is 1.42. The normalized spacial score (nSPS) is 10.5. The van der Waals surface area contributed by atoms with Gasteiger partial charge in [0.25, 0.3) is 0 Å². The number of hydrogen-bond acceptors (Lipinski definition) is 4. The minimum absolute atomic E-state index is 0.225. The van der Waals surface area contributed by atoms with Gasteiger partial charge in [-0.25, -0.2) is 9.37 Å². The van der Waals surface area contributed by atoms with Crippen molar-refractivity contribution >= 4 is 22.8 Å². The van der Waals surface area contributed by atoms with Crippen LogP contribution in [-0.2, 0) is 13.0 Å². The summed E-state index contributed by atoms with van der Waals surface area (Å²) in [4.78, 5) is 17.8. The maximum Gasteiger partial charge on any atom is 0.186 e.